The number of aryl methyl sites for hydroxylation is 1. The minimum Gasteiger partial charge on any atom is -0.467 e. The van der Waals surface area contributed by atoms with Crippen molar-refractivity contribution >= 4 is 0 Å². The lowest BCUT2D eigenvalue weighted by Crippen LogP contribution is -2.09. The second-order valence-electron chi connectivity index (χ2n) is 3.67. The van der Waals surface area contributed by atoms with E-state index in [2.05, 4.69) is 0 Å². The molecule has 1 aromatic carbocycles. The monoisotopic (exact) mass is 308 g/mol. The second-order valence-corrected chi connectivity index (χ2v) is 3.67. The van der Waals surface area contributed by atoms with E-state index in [9.17, 15) is 13.2 Å². The summed E-state index contributed by atoms with van der Waals surface area (Å²) in [6, 6.07) is 2.12. The summed E-state index contributed by atoms with van der Waals surface area (Å²) in [5, 5.41) is 0. The largest absolute Gasteiger partial charge is 0.467 e. The molecular formula is C16H27F3O2. The lowest BCUT2D eigenvalue weighted by atomic mass is 10.0. The Labute approximate surface area is 126 Å². The molecule has 0 unspecified atom stereocenters. The van der Waals surface area contributed by atoms with Crippen LogP contribution in [0.3, 0.4) is 0 Å². The van der Waals surface area contributed by atoms with Crippen molar-refractivity contribution in [1.29, 1.82) is 0 Å². The number of halogens is 3. The first kappa shape index (κ1) is 22.1. The van der Waals surface area contributed by atoms with Gasteiger partial charge in [0, 0.05) is 6.61 Å². The fourth-order valence-electron chi connectivity index (χ4n) is 1.33. The van der Waals surface area contributed by atoms with E-state index < -0.39 is 11.7 Å². The van der Waals surface area contributed by atoms with Crippen LogP contribution in [0, 0.1) is 13.8 Å². The minimum atomic E-state index is -4.36. The molecule has 0 bridgehead atoms. The van der Waals surface area contributed by atoms with E-state index in [1.807, 2.05) is 27.7 Å². The van der Waals surface area contributed by atoms with Gasteiger partial charge in [0.1, 0.15) is 5.75 Å². The van der Waals surface area contributed by atoms with Gasteiger partial charge < -0.3 is 9.47 Å². The highest BCUT2D eigenvalue weighted by Gasteiger charge is 2.31. The average molecular weight is 308 g/mol. The van der Waals surface area contributed by atoms with Crippen LogP contribution in [0.15, 0.2) is 12.1 Å². The Kier molecular flexibility index (Phi) is 12.0. The van der Waals surface area contributed by atoms with E-state index in [1.165, 1.54) is 0 Å². The SMILES string of the molecule is CC.CC.CCOCOc1cc(C(F)(F)F)cc(C)c1C. The molecule has 0 aromatic heterocycles. The van der Waals surface area contributed by atoms with Crippen LogP contribution in [0.1, 0.15) is 51.3 Å². The zero-order valence-electron chi connectivity index (χ0n) is 14.0. The molecule has 0 aliphatic heterocycles. The fourth-order valence-corrected chi connectivity index (χ4v) is 1.33. The quantitative estimate of drug-likeness (QED) is 0.521. The third-order valence-corrected chi connectivity index (χ3v) is 2.45. The van der Waals surface area contributed by atoms with E-state index >= 15 is 0 Å². The minimum absolute atomic E-state index is 0.0436. The first-order chi connectivity index (χ1) is 9.86. The van der Waals surface area contributed by atoms with Gasteiger partial charge in [0.05, 0.1) is 5.56 Å². The molecule has 0 atom stereocenters. The van der Waals surface area contributed by atoms with Crippen LogP contribution in [0.25, 0.3) is 0 Å². The van der Waals surface area contributed by atoms with Gasteiger partial charge in [0.15, 0.2) is 6.79 Å². The van der Waals surface area contributed by atoms with Crippen molar-refractivity contribution in [3.8, 4) is 5.75 Å². The van der Waals surface area contributed by atoms with Crippen LogP contribution < -0.4 is 4.74 Å². The van der Waals surface area contributed by atoms with Crippen molar-refractivity contribution in [1.82, 2.24) is 0 Å². The number of hydrogen-bond acceptors (Lipinski definition) is 2. The van der Waals surface area contributed by atoms with Crippen molar-refractivity contribution in [2.75, 3.05) is 13.4 Å². The smallest absolute Gasteiger partial charge is 0.416 e. The highest BCUT2D eigenvalue weighted by molar-refractivity contribution is 5.43. The highest BCUT2D eigenvalue weighted by Crippen LogP contribution is 2.34. The van der Waals surface area contributed by atoms with Crippen LogP contribution in [-0.4, -0.2) is 13.4 Å². The molecule has 0 saturated carbocycles. The molecule has 0 N–H and O–H groups in total. The molecule has 0 amide bonds. The third kappa shape index (κ3) is 7.95. The van der Waals surface area contributed by atoms with E-state index in [1.54, 1.807) is 20.8 Å². The number of benzene rings is 1. The lowest BCUT2D eigenvalue weighted by molar-refractivity contribution is -0.137. The Bertz CT molecular complexity index is 388. The Morgan fingerprint density at radius 3 is 1.95 bits per heavy atom. The summed E-state index contributed by atoms with van der Waals surface area (Å²) >= 11 is 0. The van der Waals surface area contributed by atoms with Crippen LogP contribution in [0.5, 0.6) is 5.75 Å². The molecule has 0 radical (unpaired) electrons. The van der Waals surface area contributed by atoms with Gasteiger partial charge in [0.2, 0.25) is 0 Å². The maximum Gasteiger partial charge on any atom is 0.416 e. The molecular weight excluding hydrogens is 281 g/mol. The molecule has 0 aliphatic rings. The average Bonchev–Trinajstić information content (AvgIpc) is 2.46. The van der Waals surface area contributed by atoms with Gasteiger partial charge in [-0.25, -0.2) is 0 Å². The van der Waals surface area contributed by atoms with Crippen molar-refractivity contribution in [3.63, 3.8) is 0 Å². The Hall–Kier alpha value is -1.23. The number of ether oxygens (including phenoxy) is 2. The third-order valence-electron chi connectivity index (χ3n) is 2.45. The molecule has 0 aliphatic carbocycles. The summed E-state index contributed by atoms with van der Waals surface area (Å²) in [4.78, 5) is 0. The Balaban J connectivity index is 0. The van der Waals surface area contributed by atoms with Crippen molar-refractivity contribution < 1.29 is 22.6 Å². The molecule has 2 nitrogen and oxygen atoms in total. The van der Waals surface area contributed by atoms with Gasteiger partial charge in [0.25, 0.3) is 0 Å². The predicted molar refractivity (Wildman–Crippen MR) is 80.7 cm³/mol. The van der Waals surface area contributed by atoms with Crippen molar-refractivity contribution in [2.24, 2.45) is 0 Å². The number of alkyl halides is 3. The molecule has 0 heterocycles. The fraction of sp³-hybridized carbons (Fsp3) is 0.625. The molecule has 0 spiro atoms. The van der Waals surface area contributed by atoms with Crippen LogP contribution in [0.4, 0.5) is 13.2 Å². The number of hydrogen-bond donors (Lipinski definition) is 0. The van der Waals surface area contributed by atoms with Crippen molar-refractivity contribution in [2.45, 2.75) is 54.6 Å². The topological polar surface area (TPSA) is 18.5 Å². The molecule has 1 rings (SSSR count). The van der Waals surface area contributed by atoms with E-state index in [4.69, 9.17) is 9.47 Å². The van der Waals surface area contributed by atoms with E-state index in [0.29, 0.717) is 17.7 Å². The second kappa shape index (κ2) is 11.4. The molecule has 0 saturated heterocycles. The molecule has 21 heavy (non-hydrogen) atoms. The normalized spacial score (nSPS) is 10.0. The molecule has 1 aromatic rings. The summed E-state index contributed by atoms with van der Waals surface area (Å²) in [5.41, 5.74) is 0.538. The molecule has 124 valence electrons. The van der Waals surface area contributed by atoms with Gasteiger partial charge in [-0.3, -0.25) is 0 Å². The summed E-state index contributed by atoms with van der Waals surface area (Å²) in [5.74, 6) is 0.214. The summed E-state index contributed by atoms with van der Waals surface area (Å²) in [6.07, 6.45) is -4.36. The maximum absolute atomic E-state index is 12.6. The predicted octanol–water partition coefficient (Wildman–Crippen LogP) is 5.75. The summed E-state index contributed by atoms with van der Waals surface area (Å²) < 4.78 is 47.9. The van der Waals surface area contributed by atoms with Gasteiger partial charge in [-0.1, -0.05) is 27.7 Å². The zero-order valence-corrected chi connectivity index (χ0v) is 14.0. The van der Waals surface area contributed by atoms with Crippen LogP contribution >= 0.6 is 0 Å². The molecule has 0 fully saturated rings. The van der Waals surface area contributed by atoms with Gasteiger partial charge >= 0.3 is 6.18 Å². The van der Waals surface area contributed by atoms with Gasteiger partial charge in [-0.2, -0.15) is 13.2 Å². The Morgan fingerprint density at radius 1 is 1.00 bits per heavy atom. The van der Waals surface area contributed by atoms with Crippen LogP contribution in [-0.2, 0) is 10.9 Å². The highest BCUT2D eigenvalue weighted by atomic mass is 19.4. The van der Waals surface area contributed by atoms with E-state index in [0.717, 1.165) is 12.1 Å². The van der Waals surface area contributed by atoms with Gasteiger partial charge in [-0.05, 0) is 44.0 Å². The lowest BCUT2D eigenvalue weighted by Gasteiger charge is -2.14. The Morgan fingerprint density at radius 2 is 1.52 bits per heavy atom. The maximum atomic E-state index is 12.6. The first-order valence-electron chi connectivity index (χ1n) is 7.25. The van der Waals surface area contributed by atoms with E-state index in [-0.39, 0.29) is 12.5 Å². The van der Waals surface area contributed by atoms with Crippen molar-refractivity contribution in [3.05, 3.63) is 28.8 Å². The van der Waals surface area contributed by atoms with Crippen LogP contribution in [0.2, 0.25) is 0 Å². The van der Waals surface area contributed by atoms with Gasteiger partial charge in [-0.15, -0.1) is 0 Å². The first-order valence-corrected chi connectivity index (χ1v) is 7.25. The molecule has 5 heteroatoms. The summed E-state index contributed by atoms with van der Waals surface area (Å²) in [6.45, 7) is 13.5. The number of rotatable bonds is 4. The standard InChI is InChI=1S/C12H15F3O2.2C2H6/c1-4-16-7-17-11-6-10(12(13,14)15)5-8(2)9(11)3;2*1-2/h5-6H,4,7H2,1-3H3;2*1-2H3. The summed E-state index contributed by atoms with van der Waals surface area (Å²) in [7, 11) is 0. The zero-order chi connectivity index (χ0) is 17.1.